The monoisotopic (exact) mass is 207 g/mol. The molecule has 4 heteroatoms. The topological polar surface area (TPSA) is 39.0 Å². The van der Waals surface area contributed by atoms with Crippen molar-refractivity contribution in [3.63, 3.8) is 0 Å². The molecule has 1 aromatic rings. The minimum absolute atomic E-state index is 0.0163. The van der Waals surface area contributed by atoms with Crippen LogP contribution in [0.15, 0.2) is 29.3 Å². The Balaban J connectivity index is 1.87. The van der Waals surface area contributed by atoms with Crippen LogP contribution in [0.2, 0.25) is 0 Å². The normalized spacial score (nSPS) is 15.5. The molecule has 82 valence electrons. The van der Waals surface area contributed by atoms with E-state index in [9.17, 15) is 4.79 Å². The first-order valence-corrected chi connectivity index (χ1v) is 5.28. The van der Waals surface area contributed by atoms with E-state index in [0.717, 1.165) is 12.1 Å². The minimum atomic E-state index is 0.0163. The van der Waals surface area contributed by atoms with Crippen molar-refractivity contribution in [2.75, 3.05) is 6.54 Å². The van der Waals surface area contributed by atoms with Gasteiger partial charge in [0.1, 0.15) is 0 Å². The molecule has 1 N–H and O–H groups in total. The molecule has 0 bridgehead atoms. The predicted octanol–water partition coefficient (Wildman–Crippen LogP) is 0.495. The predicted molar refractivity (Wildman–Crippen MR) is 59.8 cm³/mol. The Bertz CT molecular complexity index is 412. The highest BCUT2D eigenvalue weighted by atomic mass is 16.1. The fraction of sp³-hybridized carbons (Fsp3) is 0.545. The molecule has 1 heterocycles. The van der Waals surface area contributed by atoms with E-state index in [1.807, 2.05) is 0 Å². The summed E-state index contributed by atoms with van der Waals surface area (Å²) in [7, 11) is 1.75. The van der Waals surface area contributed by atoms with Gasteiger partial charge in [0, 0.05) is 38.6 Å². The summed E-state index contributed by atoms with van der Waals surface area (Å²) < 4.78 is 3.25. The van der Waals surface area contributed by atoms with Gasteiger partial charge in [-0.3, -0.25) is 4.57 Å². The van der Waals surface area contributed by atoms with Crippen molar-refractivity contribution in [1.29, 1.82) is 0 Å². The second kappa shape index (κ2) is 4.06. The standard InChI is InChI=1S/C11H17N3O/c1-9(7-12-10-3-4-10)8-14-6-5-13(2)11(14)15/h5-6,10,12H,1,3-4,7-8H2,2H3. The number of nitrogens with one attached hydrogen (secondary N) is 1. The summed E-state index contributed by atoms with van der Waals surface area (Å²) >= 11 is 0. The lowest BCUT2D eigenvalue weighted by Gasteiger charge is -2.06. The fourth-order valence-corrected chi connectivity index (χ4v) is 1.50. The zero-order valence-corrected chi connectivity index (χ0v) is 9.07. The van der Waals surface area contributed by atoms with Gasteiger partial charge in [-0.05, 0) is 18.4 Å². The van der Waals surface area contributed by atoms with Gasteiger partial charge in [-0.25, -0.2) is 4.79 Å². The van der Waals surface area contributed by atoms with Crippen molar-refractivity contribution in [1.82, 2.24) is 14.5 Å². The third-order valence-electron chi connectivity index (χ3n) is 2.63. The van der Waals surface area contributed by atoms with E-state index in [4.69, 9.17) is 0 Å². The van der Waals surface area contributed by atoms with Gasteiger partial charge in [-0.2, -0.15) is 0 Å². The first-order valence-electron chi connectivity index (χ1n) is 5.28. The first kappa shape index (κ1) is 10.2. The lowest BCUT2D eigenvalue weighted by molar-refractivity contribution is 0.658. The molecule has 0 unspecified atom stereocenters. The zero-order chi connectivity index (χ0) is 10.8. The maximum Gasteiger partial charge on any atom is 0.328 e. The third-order valence-corrected chi connectivity index (χ3v) is 2.63. The van der Waals surface area contributed by atoms with Gasteiger partial charge >= 0.3 is 5.69 Å². The molecule has 2 rings (SSSR count). The van der Waals surface area contributed by atoms with E-state index >= 15 is 0 Å². The van der Waals surface area contributed by atoms with Crippen LogP contribution in [0.4, 0.5) is 0 Å². The van der Waals surface area contributed by atoms with Crippen molar-refractivity contribution in [3.8, 4) is 0 Å². The maximum absolute atomic E-state index is 11.5. The van der Waals surface area contributed by atoms with E-state index < -0.39 is 0 Å². The molecule has 0 saturated heterocycles. The number of hydrogen-bond acceptors (Lipinski definition) is 2. The Morgan fingerprint density at radius 3 is 2.87 bits per heavy atom. The van der Waals surface area contributed by atoms with Crippen LogP contribution < -0.4 is 11.0 Å². The van der Waals surface area contributed by atoms with Crippen molar-refractivity contribution in [3.05, 3.63) is 35.0 Å². The molecular formula is C11H17N3O. The lowest BCUT2D eigenvalue weighted by Crippen LogP contribution is -2.26. The third kappa shape index (κ3) is 2.59. The highest BCUT2D eigenvalue weighted by Crippen LogP contribution is 2.18. The number of aryl methyl sites for hydroxylation is 1. The number of imidazole rings is 1. The number of nitrogens with zero attached hydrogens (tertiary/aromatic N) is 2. The number of rotatable bonds is 5. The Hall–Kier alpha value is -1.29. The molecule has 1 aromatic heterocycles. The van der Waals surface area contributed by atoms with Gasteiger partial charge in [0.05, 0.1) is 0 Å². The highest BCUT2D eigenvalue weighted by Gasteiger charge is 2.20. The molecule has 0 spiro atoms. The van der Waals surface area contributed by atoms with Gasteiger partial charge in [0.2, 0.25) is 0 Å². The quantitative estimate of drug-likeness (QED) is 0.714. The molecule has 0 amide bonds. The van der Waals surface area contributed by atoms with Crippen molar-refractivity contribution in [2.45, 2.75) is 25.4 Å². The second-order valence-electron chi connectivity index (χ2n) is 4.22. The van der Waals surface area contributed by atoms with Gasteiger partial charge in [0.25, 0.3) is 0 Å². The highest BCUT2D eigenvalue weighted by molar-refractivity contribution is 5.00. The van der Waals surface area contributed by atoms with Gasteiger partial charge in [-0.1, -0.05) is 6.58 Å². The molecule has 0 atom stereocenters. The van der Waals surface area contributed by atoms with Crippen LogP contribution in [0.3, 0.4) is 0 Å². The van der Waals surface area contributed by atoms with Crippen LogP contribution in [0.25, 0.3) is 0 Å². The van der Waals surface area contributed by atoms with Gasteiger partial charge < -0.3 is 9.88 Å². The Labute approximate surface area is 89.2 Å². The zero-order valence-electron chi connectivity index (χ0n) is 9.07. The van der Waals surface area contributed by atoms with Crippen LogP contribution in [0.5, 0.6) is 0 Å². The van der Waals surface area contributed by atoms with E-state index in [1.165, 1.54) is 12.8 Å². The van der Waals surface area contributed by atoms with Crippen molar-refractivity contribution < 1.29 is 0 Å². The lowest BCUT2D eigenvalue weighted by atomic mass is 10.3. The molecule has 1 aliphatic carbocycles. The van der Waals surface area contributed by atoms with E-state index in [1.54, 1.807) is 28.6 Å². The van der Waals surface area contributed by atoms with E-state index in [2.05, 4.69) is 11.9 Å². The summed E-state index contributed by atoms with van der Waals surface area (Å²) in [5.41, 5.74) is 1.07. The van der Waals surface area contributed by atoms with E-state index in [-0.39, 0.29) is 5.69 Å². The van der Waals surface area contributed by atoms with E-state index in [0.29, 0.717) is 12.6 Å². The molecule has 0 aliphatic heterocycles. The molecule has 0 aromatic carbocycles. The van der Waals surface area contributed by atoms with Crippen LogP contribution in [-0.4, -0.2) is 21.7 Å². The largest absolute Gasteiger partial charge is 0.328 e. The molecule has 15 heavy (non-hydrogen) atoms. The average molecular weight is 207 g/mol. The van der Waals surface area contributed by atoms with Gasteiger partial charge in [0.15, 0.2) is 0 Å². The van der Waals surface area contributed by atoms with Crippen LogP contribution >= 0.6 is 0 Å². The van der Waals surface area contributed by atoms with Crippen molar-refractivity contribution >= 4 is 0 Å². The minimum Gasteiger partial charge on any atom is -0.310 e. The number of hydrogen-bond donors (Lipinski definition) is 1. The second-order valence-corrected chi connectivity index (χ2v) is 4.22. The summed E-state index contributed by atoms with van der Waals surface area (Å²) in [6.45, 7) is 5.39. The SMILES string of the molecule is C=C(CNC1CC1)Cn1ccn(C)c1=O. The summed E-state index contributed by atoms with van der Waals surface area (Å²) in [6.07, 6.45) is 6.12. The number of aromatic nitrogens is 2. The smallest absolute Gasteiger partial charge is 0.310 e. The fourth-order valence-electron chi connectivity index (χ4n) is 1.50. The van der Waals surface area contributed by atoms with Gasteiger partial charge in [-0.15, -0.1) is 0 Å². The van der Waals surface area contributed by atoms with Crippen LogP contribution in [0, 0.1) is 0 Å². The Morgan fingerprint density at radius 1 is 1.60 bits per heavy atom. The molecule has 1 aliphatic rings. The molecule has 4 nitrogen and oxygen atoms in total. The Kier molecular flexibility index (Phi) is 2.77. The maximum atomic E-state index is 11.5. The first-order chi connectivity index (χ1) is 7.16. The summed E-state index contributed by atoms with van der Waals surface area (Å²) in [5.74, 6) is 0. The average Bonchev–Trinajstić information content (AvgIpc) is 2.98. The molecule has 1 saturated carbocycles. The summed E-state index contributed by atoms with van der Waals surface area (Å²) in [5, 5.41) is 3.38. The molecule has 0 radical (unpaired) electrons. The molecule has 1 fully saturated rings. The Morgan fingerprint density at radius 2 is 2.33 bits per heavy atom. The molecular weight excluding hydrogens is 190 g/mol. The van der Waals surface area contributed by atoms with Crippen LogP contribution in [-0.2, 0) is 13.6 Å². The summed E-state index contributed by atoms with van der Waals surface area (Å²) in [6, 6.07) is 0.689. The van der Waals surface area contributed by atoms with Crippen LogP contribution in [0.1, 0.15) is 12.8 Å². The summed E-state index contributed by atoms with van der Waals surface area (Å²) in [4.78, 5) is 11.5. The van der Waals surface area contributed by atoms with Crippen molar-refractivity contribution in [2.24, 2.45) is 7.05 Å².